The standard InChI is InChI=1S/C20H21N7O3S/c1-5-29-19(28)14-12(4)30-18-15(14)17(21)22-13(23-18)9-31-20-24-25-26-27(20)16-10(2)7-6-8-11(16)3/h6-8H,5,9H2,1-4H3,(H2,21,22,23). The number of para-hydroxylation sites is 1. The molecule has 0 spiro atoms. The molecule has 0 fully saturated rings. The van der Waals surface area contributed by atoms with Crippen molar-refractivity contribution in [2.24, 2.45) is 0 Å². The Morgan fingerprint density at radius 2 is 1.97 bits per heavy atom. The number of furan rings is 1. The van der Waals surface area contributed by atoms with Gasteiger partial charge in [0.2, 0.25) is 10.9 Å². The van der Waals surface area contributed by atoms with E-state index in [0.717, 1.165) is 16.8 Å². The molecule has 0 atom stereocenters. The molecule has 0 saturated carbocycles. The lowest BCUT2D eigenvalue weighted by atomic mass is 10.1. The molecule has 0 amide bonds. The Morgan fingerprint density at radius 1 is 1.23 bits per heavy atom. The second kappa shape index (κ2) is 8.34. The zero-order valence-corrected chi connectivity index (χ0v) is 18.4. The van der Waals surface area contributed by atoms with Crippen molar-refractivity contribution < 1.29 is 13.9 Å². The highest BCUT2D eigenvalue weighted by atomic mass is 32.2. The van der Waals surface area contributed by atoms with Crippen LogP contribution in [0.4, 0.5) is 5.82 Å². The lowest BCUT2D eigenvalue weighted by Gasteiger charge is -2.10. The maximum Gasteiger partial charge on any atom is 0.342 e. The smallest absolute Gasteiger partial charge is 0.342 e. The topological polar surface area (TPSA) is 135 Å². The quantitative estimate of drug-likeness (QED) is 0.352. The molecule has 0 unspecified atom stereocenters. The molecule has 4 rings (SSSR count). The number of nitrogens with two attached hydrogens (primary N) is 1. The van der Waals surface area contributed by atoms with Gasteiger partial charge < -0.3 is 14.9 Å². The molecule has 10 nitrogen and oxygen atoms in total. The summed E-state index contributed by atoms with van der Waals surface area (Å²) >= 11 is 1.37. The highest BCUT2D eigenvalue weighted by Gasteiger charge is 2.24. The van der Waals surface area contributed by atoms with Crippen molar-refractivity contribution in [3.63, 3.8) is 0 Å². The lowest BCUT2D eigenvalue weighted by Crippen LogP contribution is -2.07. The average molecular weight is 440 g/mol. The van der Waals surface area contributed by atoms with Gasteiger partial charge in [-0.2, -0.15) is 9.67 Å². The number of nitrogens with zero attached hydrogens (tertiary/aromatic N) is 6. The molecule has 1 aromatic carbocycles. The molecule has 11 heteroatoms. The Hall–Kier alpha value is -3.47. The Morgan fingerprint density at radius 3 is 2.68 bits per heavy atom. The van der Waals surface area contributed by atoms with Gasteiger partial charge in [-0.3, -0.25) is 0 Å². The van der Waals surface area contributed by atoms with Crippen molar-refractivity contribution in [3.05, 3.63) is 46.5 Å². The Balaban J connectivity index is 1.63. The van der Waals surface area contributed by atoms with E-state index in [1.807, 2.05) is 32.0 Å². The van der Waals surface area contributed by atoms with Crippen LogP contribution in [0.25, 0.3) is 16.8 Å². The number of fused-ring (bicyclic) bond motifs is 1. The van der Waals surface area contributed by atoms with E-state index in [4.69, 9.17) is 14.9 Å². The van der Waals surface area contributed by atoms with Gasteiger partial charge in [-0.15, -0.1) is 5.10 Å². The number of aryl methyl sites for hydroxylation is 3. The number of carbonyl (C=O) groups excluding carboxylic acids is 1. The van der Waals surface area contributed by atoms with E-state index in [-0.39, 0.29) is 23.7 Å². The van der Waals surface area contributed by atoms with Gasteiger partial charge in [-0.05, 0) is 49.2 Å². The zero-order valence-electron chi connectivity index (χ0n) is 17.5. The van der Waals surface area contributed by atoms with Gasteiger partial charge in [0, 0.05) is 0 Å². The number of hydrogen-bond acceptors (Lipinski definition) is 10. The third-order valence-corrected chi connectivity index (χ3v) is 5.62. The molecule has 0 aliphatic heterocycles. The number of hydrogen-bond donors (Lipinski definition) is 1. The third kappa shape index (κ3) is 3.83. The van der Waals surface area contributed by atoms with Crippen LogP contribution in [0.15, 0.2) is 27.8 Å². The minimum Gasteiger partial charge on any atom is -0.462 e. The number of carbonyl (C=O) groups is 1. The average Bonchev–Trinajstić information content (AvgIpc) is 3.30. The third-order valence-electron chi connectivity index (χ3n) is 4.70. The maximum absolute atomic E-state index is 12.3. The van der Waals surface area contributed by atoms with Crippen LogP contribution in [0.5, 0.6) is 0 Å². The number of nitrogen functional groups attached to an aromatic ring is 1. The fraction of sp³-hybridized carbons (Fsp3) is 0.300. The summed E-state index contributed by atoms with van der Waals surface area (Å²) in [6, 6.07) is 6.01. The highest BCUT2D eigenvalue weighted by molar-refractivity contribution is 7.98. The van der Waals surface area contributed by atoms with Crippen LogP contribution < -0.4 is 5.73 Å². The lowest BCUT2D eigenvalue weighted by molar-refractivity contribution is 0.0526. The van der Waals surface area contributed by atoms with Crippen LogP contribution in [-0.4, -0.2) is 42.8 Å². The van der Waals surface area contributed by atoms with E-state index in [1.54, 1.807) is 18.5 Å². The van der Waals surface area contributed by atoms with Gasteiger partial charge in [0.05, 0.1) is 23.4 Å². The monoisotopic (exact) mass is 439 g/mol. The SMILES string of the molecule is CCOC(=O)c1c(C)oc2nc(CSc3nnnn3-c3c(C)cccc3C)nc(N)c12. The van der Waals surface area contributed by atoms with Crippen molar-refractivity contribution in [1.29, 1.82) is 0 Å². The van der Waals surface area contributed by atoms with Gasteiger partial charge in [0.1, 0.15) is 23.0 Å². The normalized spacial score (nSPS) is 11.2. The van der Waals surface area contributed by atoms with Crippen molar-refractivity contribution in [2.75, 3.05) is 12.3 Å². The second-order valence-corrected chi connectivity index (χ2v) is 7.80. The molecule has 160 valence electrons. The Bertz CT molecular complexity index is 1260. The van der Waals surface area contributed by atoms with Crippen LogP contribution in [-0.2, 0) is 10.5 Å². The van der Waals surface area contributed by atoms with Crippen LogP contribution in [0.1, 0.15) is 40.0 Å². The first-order valence-corrected chi connectivity index (χ1v) is 10.6. The maximum atomic E-state index is 12.3. The number of tetrazole rings is 1. The molecule has 4 aromatic rings. The number of ether oxygens (including phenoxy) is 1. The van der Waals surface area contributed by atoms with Crippen LogP contribution in [0, 0.1) is 20.8 Å². The fourth-order valence-corrected chi connectivity index (χ4v) is 4.11. The van der Waals surface area contributed by atoms with Crippen LogP contribution in [0.2, 0.25) is 0 Å². The van der Waals surface area contributed by atoms with Gasteiger partial charge in [0.25, 0.3) is 0 Å². The summed E-state index contributed by atoms with van der Waals surface area (Å²) < 4.78 is 12.5. The summed E-state index contributed by atoms with van der Waals surface area (Å²) in [4.78, 5) is 21.1. The molecular formula is C20H21N7O3S. The van der Waals surface area contributed by atoms with Crippen molar-refractivity contribution in [1.82, 2.24) is 30.2 Å². The van der Waals surface area contributed by atoms with Gasteiger partial charge in [-0.25, -0.2) is 9.78 Å². The number of aromatic nitrogens is 6. The molecule has 0 radical (unpaired) electrons. The summed E-state index contributed by atoms with van der Waals surface area (Å²) in [7, 11) is 0. The molecule has 0 aliphatic rings. The van der Waals surface area contributed by atoms with E-state index < -0.39 is 5.97 Å². The molecule has 0 saturated heterocycles. The molecule has 2 N–H and O–H groups in total. The minimum atomic E-state index is -0.510. The van der Waals surface area contributed by atoms with E-state index in [1.165, 1.54) is 11.8 Å². The van der Waals surface area contributed by atoms with Crippen LogP contribution in [0.3, 0.4) is 0 Å². The molecule has 0 aliphatic carbocycles. The number of benzene rings is 1. The van der Waals surface area contributed by atoms with E-state index in [9.17, 15) is 4.79 Å². The van der Waals surface area contributed by atoms with Crippen molar-refractivity contribution in [2.45, 2.75) is 38.6 Å². The van der Waals surface area contributed by atoms with Crippen LogP contribution >= 0.6 is 11.8 Å². The van der Waals surface area contributed by atoms with E-state index in [0.29, 0.717) is 27.9 Å². The zero-order chi connectivity index (χ0) is 22.1. The first-order valence-electron chi connectivity index (χ1n) is 9.61. The second-order valence-electron chi connectivity index (χ2n) is 6.86. The number of anilines is 1. The molecule has 3 heterocycles. The predicted molar refractivity (Wildman–Crippen MR) is 115 cm³/mol. The molecule has 3 aromatic heterocycles. The van der Waals surface area contributed by atoms with Gasteiger partial charge in [-0.1, -0.05) is 30.0 Å². The fourth-order valence-electron chi connectivity index (χ4n) is 3.38. The number of esters is 1. The summed E-state index contributed by atoms with van der Waals surface area (Å²) in [5.41, 5.74) is 9.71. The largest absolute Gasteiger partial charge is 0.462 e. The van der Waals surface area contributed by atoms with Gasteiger partial charge >= 0.3 is 5.97 Å². The number of rotatable bonds is 6. The summed E-state index contributed by atoms with van der Waals surface area (Å²) in [6.07, 6.45) is 0. The molecular weight excluding hydrogens is 418 g/mol. The first kappa shape index (κ1) is 20.8. The molecule has 0 bridgehead atoms. The summed E-state index contributed by atoms with van der Waals surface area (Å²) in [6.45, 7) is 7.67. The first-order chi connectivity index (χ1) is 14.9. The predicted octanol–water partition coefficient (Wildman–Crippen LogP) is 3.17. The Labute approximate surface area is 182 Å². The summed E-state index contributed by atoms with van der Waals surface area (Å²) in [5, 5.41) is 13.1. The van der Waals surface area contributed by atoms with Crippen molar-refractivity contribution in [3.8, 4) is 5.69 Å². The number of thioether (sulfide) groups is 1. The van der Waals surface area contributed by atoms with E-state index in [2.05, 4.69) is 25.5 Å². The van der Waals surface area contributed by atoms with E-state index >= 15 is 0 Å². The van der Waals surface area contributed by atoms with Gasteiger partial charge in [0.15, 0.2) is 0 Å². The highest BCUT2D eigenvalue weighted by Crippen LogP contribution is 2.30. The minimum absolute atomic E-state index is 0.162. The molecule has 31 heavy (non-hydrogen) atoms. The van der Waals surface area contributed by atoms with Crippen molar-refractivity contribution >= 4 is 34.6 Å². The summed E-state index contributed by atoms with van der Waals surface area (Å²) in [5.74, 6) is 0.840. The Kier molecular flexibility index (Phi) is 5.59.